The van der Waals surface area contributed by atoms with Crippen LogP contribution in [0, 0.1) is 11.3 Å². The molecule has 0 aromatic carbocycles. The largest absolute Gasteiger partial charge is 0.469 e. The van der Waals surface area contributed by atoms with Crippen molar-refractivity contribution >= 4 is 35.1 Å². The quantitative estimate of drug-likeness (QED) is 0.514. The molecule has 1 amide bonds. The molecule has 0 atom stereocenters. The van der Waals surface area contributed by atoms with E-state index < -0.39 is 0 Å². The van der Waals surface area contributed by atoms with Crippen molar-refractivity contribution in [3.63, 3.8) is 0 Å². The number of carbonyl (C=O) groups is 2. The van der Waals surface area contributed by atoms with Crippen LogP contribution >= 0.6 is 23.2 Å². The molecule has 30 heavy (non-hydrogen) atoms. The van der Waals surface area contributed by atoms with E-state index in [1.54, 1.807) is 4.90 Å². The summed E-state index contributed by atoms with van der Waals surface area (Å²) in [6.07, 6.45) is 9.85. The first-order valence-corrected chi connectivity index (χ1v) is 11.3. The highest BCUT2D eigenvalue weighted by molar-refractivity contribution is 6.38. The number of nitrogens with zero attached hydrogens (tertiary/aromatic N) is 3. The van der Waals surface area contributed by atoms with E-state index in [-0.39, 0.29) is 46.9 Å². The first kappa shape index (κ1) is 23.2. The number of hydrogen-bond acceptors (Lipinski definition) is 6. The first-order chi connectivity index (χ1) is 14.4. The third kappa shape index (κ3) is 5.24. The molecule has 0 unspecified atom stereocenters. The molecule has 7 nitrogen and oxygen atoms in total. The Labute approximate surface area is 187 Å². The van der Waals surface area contributed by atoms with Crippen molar-refractivity contribution in [2.24, 2.45) is 11.3 Å². The van der Waals surface area contributed by atoms with E-state index in [1.165, 1.54) is 13.4 Å². The summed E-state index contributed by atoms with van der Waals surface area (Å²) in [6, 6.07) is 0.0235. The van der Waals surface area contributed by atoms with Crippen LogP contribution in [0.1, 0.15) is 68.1 Å². The predicted octanol–water partition coefficient (Wildman–Crippen LogP) is 3.90. The summed E-state index contributed by atoms with van der Waals surface area (Å²) in [5, 5.41) is 9.59. The van der Waals surface area contributed by atoms with E-state index in [2.05, 4.69) is 9.97 Å². The zero-order valence-corrected chi connectivity index (χ0v) is 18.8. The Morgan fingerprint density at radius 3 is 2.23 bits per heavy atom. The minimum absolute atomic E-state index is 0.0235. The van der Waals surface area contributed by atoms with Crippen molar-refractivity contribution in [2.75, 3.05) is 20.3 Å². The Hall–Kier alpha value is -1.44. The maximum absolute atomic E-state index is 13.1. The van der Waals surface area contributed by atoms with Gasteiger partial charge < -0.3 is 14.7 Å². The maximum Gasteiger partial charge on any atom is 0.305 e. The second-order valence-electron chi connectivity index (χ2n) is 8.51. The summed E-state index contributed by atoms with van der Waals surface area (Å²) < 4.78 is 4.80. The van der Waals surface area contributed by atoms with Gasteiger partial charge in [-0.25, -0.2) is 9.97 Å². The Kier molecular flexibility index (Phi) is 7.93. The number of methoxy groups -OCH3 is 1. The van der Waals surface area contributed by atoms with Gasteiger partial charge in [0.15, 0.2) is 0 Å². The number of amides is 1. The monoisotopic (exact) mass is 457 g/mol. The topological polar surface area (TPSA) is 92.6 Å². The summed E-state index contributed by atoms with van der Waals surface area (Å²) >= 11 is 12.2. The van der Waals surface area contributed by atoms with Crippen LogP contribution in [0.5, 0.6) is 0 Å². The highest BCUT2D eigenvalue weighted by Gasteiger charge is 2.41. The van der Waals surface area contributed by atoms with Crippen molar-refractivity contribution in [3.8, 4) is 0 Å². The van der Waals surface area contributed by atoms with Crippen molar-refractivity contribution in [1.82, 2.24) is 14.9 Å². The number of halogens is 2. The number of aliphatic hydroxyl groups is 1. The Morgan fingerprint density at radius 2 is 1.70 bits per heavy atom. The fourth-order valence-corrected chi connectivity index (χ4v) is 5.54. The van der Waals surface area contributed by atoms with Gasteiger partial charge in [0.1, 0.15) is 22.2 Å². The molecule has 1 spiro atoms. The number of aliphatic hydroxyl groups excluding tert-OH is 1. The molecular formula is C21H29Cl2N3O4. The zero-order valence-electron chi connectivity index (χ0n) is 17.3. The van der Waals surface area contributed by atoms with Crippen LogP contribution in [0.3, 0.4) is 0 Å². The van der Waals surface area contributed by atoms with Gasteiger partial charge in [-0.15, -0.1) is 0 Å². The molecule has 1 aromatic rings. The van der Waals surface area contributed by atoms with E-state index in [0.717, 1.165) is 51.4 Å². The fourth-order valence-electron chi connectivity index (χ4n) is 5.06. The van der Waals surface area contributed by atoms with Crippen molar-refractivity contribution in [3.05, 3.63) is 22.2 Å². The lowest BCUT2D eigenvalue weighted by atomic mass is 9.62. The van der Waals surface area contributed by atoms with Gasteiger partial charge in [-0.05, 0) is 62.7 Å². The second-order valence-corrected chi connectivity index (χ2v) is 9.22. The Balaban J connectivity index is 1.62. The summed E-state index contributed by atoms with van der Waals surface area (Å²) in [5.41, 5.74) is 0.389. The van der Waals surface area contributed by atoms with E-state index in [9.17, 15) is 14.7 Å². The zero-order chi connectivity index (χ0) is 21.7. The molecule has 9 heteroatoms. The van der Waals surface area contributed by atoms with Gasteiger partial charge in [0.05, 0.1) is 13.7 Å². The highest BCUT2D eigenvalue weighted by atomic mass is 35.5. The fraction of sp³-hybridized carbons (Fsp3) is 0.714. The minimum atomic E-state index is -0.331. The lowest BCUT2D eigenvalue weighted by molar-refractivity contribution is -0.142. The molecular weight excluding hydrogens is 429 g/mol. The number of esters is 1. The standard InChI is InChI=1S/C21H29Cl2N3O4/c1-30-16(28)12-14-2-6-21(7-3-14)8-4-15(5-9-21)26(10-11-27)20(29)17-18(22)24-13-25-19(17)23/h13-15,27H,2-12H2,1H3. The molecule has 0 aliphatic heterocycles. The number of rotatable bonds is 6. The maximum atomic E-state index is 13.1. The third-order valence-electron chi connectivity index (χ3n) is 6.88. The summed E-state index contributed by atoms with van der Waals surface area (Å²) in [4.78, 5) is 34.1. The third-order valence-corrected chi connectivity index (χ3v) is 7.45. The van der Waals surface area contributed by atoms with Crippen molar-refractivity contribution in [2.45, 2.75) is 63.8 Å². The van der Waals surface area contributed by atoms with Crippen LogP contribution in [0.2, 0.25) is 10.3 Å². The smallest absolute Gasteiger partial charge is 0.305 e. The minimum Gasteiger partial charge on any atom is -0.469 e. The van der Waals surface area contributed by atoms with E-state index >= 15 is 0 Å². The molecule has 1 heterocycles. The summed E-state index contributed by atoms with van der Waals surface area (Å²) in [6.45, 7) is 0.0881. The van der Waals surface area contributed by atoms with Crippen molar-refractivity contribution in [1.29, 1.82) is 0 Å². The van der Waals surface area contributed by atoms with Gasteiger partial charge in [0, 0.05) is 19.0 Å². The predicted molar refractivity (Wildman–Crippen MR) is 113 cm³/mol. The number of carbonyl (C=O) groups excluding carboxylic acids is 2. The molecule has 0 saturated heterocycles. The molecule has 1 N–H and O–H groups in total. The molecule has 0 radical (unpaired) electrons. The molecule has 2 fully saturated rings. The normalized spacial score (nSPS) is 26.4. The molecule has 166 valence electrons. The molecule has 0 bridgehead atoms. The van der Waals surface area contributed by atoms with Crippen LogP contribution in [-0.2, 0) is 9.53 Å². The number of ether oxygens (including phenoxy) is 1. The molecule has 3 rings (SSSR count). The van der Waals surface area contributed by atoms with Gasteiger partial charge in [-0.1, -0.05) is 23.2 Å². The van der Waals surface area contributed by atoms with E-state index in [4.69, 9.17) is 27.9 Å². The lowest BCUT2D eigenvalue weighted by Gasteiger charge is -2.47. The molecule has 2 aliphatic rings. The number of hydrogen-bond donors (Lipinski definition) is 1. The van der Waals surface area contributed by atoms with E-state index in [0.29, 0.717) is 17.8 Å². The second kappa shape index (κ2) is 10.2. The lowest BCUT2D eigenvalue weighted by Crippen LogP contribution is -2.46. The molecule has 2 aliphatic carbocycles. The van der Waals surface area contributed by atoms with Gasteiger partial charge in [0.25, 0.3) is 5.91 Å². The average Bonchev–Trinajstić information content (AvgIpc) is 2.74. The van der Waals surface area contributed by atoms with E-state index in [1.807, 2.05) is 0 Å². The van der Waals surface area contributed by atoms with Gasteiger partial charge in [-0.3, -0.25) is 9.59 Å². The average molecular weight is 458 g/mol. The first-order valence-electron chi connectivity index (χ1n) is 10.5. The highest BCUT2D eigenvalue weighted by Crippen LogP contribution is 2.50. The Bertz CT molecular complexity index is 738. The van der Waals surface area contributed by atoms with Gasteiger partial charge >= 0.3 is 5.97 Å². The van der Waals surface area contributed by atoms with Gasteiger partial charge in [-0.2, -0.15) is 0 Å². The summed E-state index contributed by atoms with van der Waals surface area (Å²) in [5.74, 6) is -0.0435. The van der Waals surface area contributed by atoms with Crippen LogP contribution in [-0.4, -0.2) is 58.2 Å². The van der Waals surface area contributed by atoms with Crippen molar-refractivity contribution < 1.29 is 19.4 Å². The van der Waals surface area contributed by atoms with Crippen LogP contribution in [0.25, 0.3) is 0 Å². The van der Waals surface area contributed by atoms with Crippen LogP contribution in [0.15, 0.2) is 6.33 Å². The SMILES string of the molecule is COC(=O)CC1CCC2(CC1)CCC(N(CCO)C(=O)c1c(Cl)ncnc1Cl)CC2. The van der Waals surface area contributed by atoms with Gasteiger partial charge in [0.2, 0.25) is 0 Å². The number of aromatic nitrogens is 2. The molecule has 1 aromatic heterocycles. The van der Waals surface area contributed by atoms with Crippen LogP contribution < -0.4 is 0 Å². The summed E-state index contributed by atoms with van der Waals surface area (Å²) in [7, 11) is 1.44. The molecule has 2 saturated carbocycles. The Morgan fingerprint density at radius 1 is 1.13 bits per heavy atom. The van der Waals surface area contributed by atoms with Crippen LogP contribution in [0.4, 0.5) is 0 Å².